The van der Waals surface area contributed by atoms with Crippen LogP contribution < -0.4 is 4.74 Å². The third kappa shape index (κ3) is 4.02. The lowest BCUT2D eigenvalue weighted by Crippen LogP contribution is -1.93. The maximum absolute atomic E-state index is 11.1. The highest BCUT2D eigenvalue weighted by Gasteiger charge is 2.20. The lowest BCUT2D eigenvalue weighted by Gasteiger charge is -2.05. The molecule has 138 valence electrons. The van der Waals surface area contributed by atoms with E-state index >= 15 is 0 Å². The van der Waals surface area contributed by atoms with Crippen molar-refractivity contribution >= 4 is 40.0 Å². The van der Waals surface area contributed by atoms with Gasteiger partial charge in [-0.1, -0.05) is 40.5 Å². The maximum Gasteiger partial charge on any atom is 0.315 e. The molecule has 27 heavy (non-hydrogen) atoms. The Morgan fingerprint density at radius 3 is 2.81 bits per heavy atom. The zero-order valence-corrected chi connectivity index (χ0v) is 15.2. The van der Waals surface area contributed by atoms with Gasteiger partial charge in [0.2, 0.25) is 11.6 Å². The van der Waals surface area contributed by atoms with Gasteiger partial charge in [-0.2, -0.15) is 4.98 Å². The quantitative estimate of drug-likeness (QED) is 0.479. The van der Waals surface area contributed by atoms with Crippen LogP contribution in [-0.2, 0) is 0 Å². The summed E-state index contributed by atoms with van der Waals surface area (Å²) in [4.78, 5) is 14.5. The number of methoxy groups -OCH3 is 1. The Kier molecular flexibility index (Phi) is 5.29. The predicted molar refractivity (Wildman–Crippen MR) is 99.8 cm³/mol. The zero-order valence-electron chi connectivity index (χ0n) is 13.7. The summed E-state index contributed by atoms with van der Waals surface area (Å²) in [5.41, 5.74) is 0.433. The molecule has 0 unspecified atom stereocenters. The molecule has 0 radical (unpaired) electrons. The molecule has 0 atom stereocenters. The first-order valence-corrected chi connectivity index (χ1v) is 8.17. The number of halogens is 2. The van der Waals surface area contributed by atoms with Crippen LogP contribution in [0.5, 0.6) is 11.5 Å². The van der Waals surface area contributed by atoms with Gasteiger partial charge in [0.1, 0.15) is 5.03 Å². The van der Waals surface area contributed by atoms with E-state index in [-0.39, 0.29) is 22.5 Å². The van der Waals surface area contributed by atoms with Gasteiger partial charge in [-0.15, -0.1) is 0 Å². The molecule has 0 aliphatic rings. The number of nitrogens with zero attached hydrogens (tertiary/aromatic N) is 3. The van der Waals surface area contributed by atoms with E-state index in [4.69, 9.17) is 32.5 Å². The highest BCUT2D eigenvalue weighted by atomic mass is 35.5. The van der Waals surface area contributed by atoms with Crippen molar-refractivity contribution in [2.24, 2.45) is 0 Å². The molecule has 8 nitrogen and oxygen atoms in total. The topological polar surface area (TPSA) is 112 Å². The third-order valence-electron chi connectivity index (χ3n) is 3.50. The van der Waals surface area contributed by atoms with E-state index in [1.54, 1.807) is 24.3 Å². The predicted octanol–water partition coefficient (Wildman–Crippen LogP) is 4.75. The molecule has 1 aromatic heterocycles. The molecule has 1 N–H and O–H groups in total. The highest BCUT2D eigenvalue weighted by Crippen LogP contribution is 2.38. The molecule has 0 saturated carbocycles. The summed E-state index contributed by atoms with van der Waals surface area (Å²) in [5, 5.41) is 25.3. The van der Waals surface area contributed by atoms with Crippen molar-refractivity contribution in [2.45, 2.75) is 0 Å². The second-order valence-electron chi connectivity index (χ2n) is 5.27. The van der Waals surface area contributed by atoms with Crippen LogP contribution >= 0.6 is 23.2 Å². The Hall–Kier alpha value is -3.10. The van der Waals surface area contributed by atoms with Gasteiger partial charge in [0, 0.05) is 16.7 Å². The van der Waals surface area contributed by atoms with Crippen molar-refractivity contribution < 1.29 is 19.3 Å². The lowest BCUT2D eigenvalue weighted by molar-refractivity contribution is -0.386. The van der Waals surface area contributed by atoms with Gasteiger partial charge in [0.15, 0.2) is 5.75 Å². The van der Waals surface area contributed by atoms with Crippen LogP contribution in [0.15, 0.2) is 40.9 Å². The van der Waals surface area contributed by atoms with E-state index < -0.39 is 16.4 Å². The number of phenols is 1. The first-order chi connectivity index (χ1) is 12.9. The molecule has 0 spiro atoms. The molecule has 0 aliphatic heterocycles. The molecule has 1 heterocycles. The number of rotatable bonds is 5. The summed E-state index contributed by atoms with van der Waals surface area (Å²) in [6, 6.07) is 9.42. The Labute approximate surface area is 162 Å². The van der Waals surface area contributed by atoms with Gasteiger partial charge in [0.05, 0.1) is 12.0 Å². The van der Waals surface area contributed by atoms with Gasteiger partial charge in [0.25, 0.3) is 5.89 Å². The number of nitro benzene ring substituents is 1. The number of nitro groups is 1. The molecule has 2 aromatic carbocycles. The monoisotopic (exact) mass is 407 g/mol. The van der Waals surface area contributed by atoms with Crippen LogP contribution in [-0.4, -0.2) is 27.3 Å². The summed E-state index contributed by atoms with van der Waals surface area (Å²) in [7, 11) is 1.28. The molecule has 0 saturated heterocycles. The zero-order chi connectivity index (χ0) is 19.6. The van der Waals surface area contributed by atoms with Gasteiger partial charge in [-0.05, 0) is 29.8 Å². The fourth-order valence-corrected chi connectivity index (χ4v) is 2.66. The van der Waals surface area contributed by atoms with E-state index in [9.17, 15) is 15.2 Å². The summed E-state index contributed by atoms with van der Waals surface area (Å²) in [6.45, 7) is 0. The van der Waals surface area contributed by atoms with Crippen LogP contribution in [0.4, 0.5) is 5.69 Å². The Bertz CT molecular complexity index is 1050. The number of benzene rings is 2. The van der Waals surface area contributed by atoms with Crippen molar-refractivity contribution in [1.82, 2.24) is 10.1 Å². The second-order valence-corrected chi connectivity index (χ2v) is 6.12. The molecule has 0 fully saturated rings. The van der Waals surface area contributed by atoms with Gasteiger partial charge in [-0.25, -0.2) is 0 Å². The smallest absolute Gasteiger partial charge is 0.315 e. The average molecular weight is 408 g/mol. The summed E-state index contributed by atoms with van der Waals surface area (Å²) in [5.74, 6) is -0.337. The SMILES string of the molecule is COc1cc(/C=C(\Cl)c2nc(-c3cccc(Cl)c3)no2)cc([N+](=O)[O-])c1O. The molecule has 0 amide bonds. The highest BCUT2D eigenvalue weighted by molar-refractivity contribution is 6.50. The first-order valence-electron chi connectivity index (χ1n) is 7.41. The van der Waals surface area contributed by atoms with Crippen LogP contribution in [0.3, 0.4) is 0 Å². The fraction of sp³-hybridized carbons (Fsp3) is 0.0588. The Morgan fingerprint density at radius 1 is 1.37 bits per heavy atom. The van der Waals surface area contributed by atoms with Crippen molar-refractivity contribution in [3.05, 3.63) is 63.0 Å². The van der Waals surface area contributed by atoms with E-state index in [0.29, 0.717) is 16.1 Å². The molecule has 3 rings (SSSR count). The molecule has 10 heteroatoms. The van der Waals surface area contributed by atoms with Gasteiger partial charge >= 0.3 is 5.69 Å². The minimum Gasteiger partial charge on any atom is -0.500 e. The number of phenolic OH excluding ortho intramolecular Hbond substituents is 1. The van der Waals surface area contributed by atoms with Crippen molar-refractivity contribution in [3.63, 3.8) is 0 Å². The van der Waals surface area contributed by atoms with Crippen LogP contribution in [0.2, 0.25) is 5.02 Å². The molecular weight excluding hydrogens is 397 g/mol. The number of hydrogen-bond acceptors (Lipinski definition) is 7. The lowest BCUT2D eigenvalue weighted by atomic mass is 10.1. The average Bonchev–Trinajstić information content (AvgIpc) is 3.13. The number of hydrogen-bond donors (Lipinski definition) is 1. The fourth-order valence-electron chi connectivity index (χ4n) is 2.27. The third-order valence-corrected chi connectivity index (χ3v) is 4.01. The standard InChI is InChI=1S/C17H11Cl2N3O5/c1-26-14-7-9(6-13(15(14)23)22(24)25)5-12(19)17-20-16(21-27-17)10-3-2-4-11(18)8-10/h2-8,23H,1H3/b12-5-. The van der Waals surface area contributed by atoms with Gasteiger partial charge < -0.3 is 14.4 Å². The van der Waals surface area contributed by atoms with Crippen molar-refractivity contribution in [1.29, 1.82) is 0 Å². The maximum atomic E-state index is 11.1. The van der Waals surface area contributed by atoms with Crippen molar-refractivity contribution in [3.8, 4) is 22.9 Å². The summed E-state index contributed by atoms with van der Waals surface area (Å²) >= 11 is 12.1. The number of aromatic nitrogens is 2. The Balaban J connectivity index is 1.97. The van der Waals surface area contributed by atoms with E-state index in [2.05, 4.69) is 10.1 Å². The Morgan fingerprint density at radius 2 is 2.15 bits per heavy atom. The van der Waals surface area contributed by atoms with Crippen molar-refractivity contribution in [2.75, 3.05) is 7.11 Å². The van der Waals surface area contributed by atoms with Crippen LogP contribution in [0, 0.1) is 10.1 Å². The largest absolute Gasteiger partial charge is 0.500 e. The normalized spacial score (nSPS) is 11.4. The minimum atomic E-state index is -0.729. The number of ether oxygens (including phenoxy) is 1. The van der Waals surface area contributed by atoms with E-state index in [0.717, 1.165) is 6.07 Å². The second kappa shape index (κ2) is 7.65. The summed E-state index contributed by atoms with van der Waals surface area (Å²) < 4.78 is 10.1. The van der Waals surface area contributed by atoms with Gasteiger partial charge in [-0.3, -0.25) is 10.1 Å². The van der Waals surface area contributed by atoms with Crippen LogP contribution in [0.25, 0.3) is 22.5 Å². The number of aromatic hydroxyl groups is 1. The summed E-state index contributed by atoms with van der Waals surface area (Å²) in [6.07, 6.45) is 1.38. The molecule has 0 bridgehead atoms. The molecular formula is C17H11Cl2N3O5. The van der Waals surface area contributed by atoms with E-state index in [1.807, 2.05) is 0 Å². The molecule has 3 aromatic rings. The molecule has 0 aliphatic carbocycles. The van der Waals surface area contributed by atoms with Crippen LogP contribution in [0.1, 0.15) is 11.5 Å². The first kappa shape index (κ1) is 18.7. The minimum absolute atomic E-state index is 0.0151. The van der Waals surface area contributed by atoms with E-state index in [1.165, 1.54) is 19.3 Å².